The average Bonchev–Trinajstić information content (AvgIpc) is 3.43. The van der Waals surface area contributed by atoms with Gasteiger partial charge in [-0.3, -0.25) is 19.3 Å². The first-order chi connectivity index (χ1) is 22.9. The highest BCUT2D eigenvalue weighted by molar-refractivity contribution is 5.89. The van der Waals surface area contributed by atoms with Crippen LogP contribution in [0, 0.1) is 11.3 Å². The van der Waals surface area contributed by atoms with Gasteiger partial charge < -0.3 is 20.4 Å². The molecule has 8 rings (SSSR count). The maximum Gasteiger partial charge on any atom is 0.345 e. The van der Waals surface area contributed by atoms with Crippen molar-refractivity contribution in [3.05, 3.63) is 35.9 Å². The Morgan fingerprint density at radius 1 is 0.723 bits per heavy atom. The monoisotopic (exact) mass is 648 g/mol. The van der Waals surface area contributed by atoms with Crippen LogP contribution in [-0.2, 0) is 25.9 Å². The van der Waals surface area contributed by atoms with Gasteiger partial charge in [0.25, 0.3) is 0 Å². The quantitative estimate of drug-likeness (QED) is 0.399. The van der Waals surface area contributed by atoms with Gasteiger partial charge in [0, 0.05) is 25.2 Å². The molecule has 4 atom stereocenters. The van der Waals surface area contributed by atoms with Crippen molar-refractivity contribution in [1.29, 1.82) is 0 Å². The molecule has 3 aliphatic carbocycles. The number of fused-ring (bicyclic) bond motifs is 4. The molecule has 47 heavy (non-hydrogen) atoms. The molecule has 1 aromatic rings. The van der Waals surface area contributed by atoms with Crippen LogP contribution in [-0.4, -0.2) is 99.8 Å². The Bertz CT molecular complexity index is 1360. The molecule has 0 aromatic heterocycles. The van der Waals surface area contributed by atoms with Crippen molar-refractivity contribution in [3.63, 3.8) is 0 Å². The molecule has 6 amide bonds. The summed E-state index contributed by atoms with van der Waals surface area (Å²) in [5, 5.41) is 9.45. The highest BCUT2D eigenvalue weighted by Gasteiger charge is 2.52. The minimum Gasteiger partial charge on any atom is -0.352 e. The third-order valence-corrected chi connectivity index (χ3v) is 12.2. The van der Waals surface area contributed by atoms with E-state index in [1.807, 2.05) is 30.3 Å². The maximum atomic E-state index is 13.3. The second-order valence-corrected chi connectivity index (χ2v) is 15.3. The summed E-state index contributed by atoms with van der Waals surface area (Å²) >= 11 is 0. The standard InChI is InChI=1S/C35H48N6O6/c42-31(29-13-11-27-19-38(29)33(44)40(27)46-21-23-5-2-1-3-6-23)36-25-9-7-24(8-10-25)22-47-41-28-12-14-30(39(20-28)34(41)45)32(43)37-26-17-35(18-26)15-4-16-35/h1-3,5-6,24-30H,4,7-22H2,(H,36,42)(H,37,43)/t24?,25?,27-,28-,29+,30+/m1/s1. The smallest absolute Gasteiger partial charge is 0.345 e. The summed E-state index contributed by atoms with van der Waals surface area (Å²) < 4.78 is 0. The number of nitrogens with one attached hydrogen (secondary N) is 2. The van der Waals surface area contributed by atoms with E-state index in [4.69, 9.17) is 9.68 Å². The van der Waals surface area contributed by atoms with Crippen LogP contribution in [0.25, 0.3) is 0 Å². The minimum absolute atomic E-state index is 0.00551. The fraction of sp³-hybridized carbons (Fsp3) is 0.714. The zero-order valence-corrected chi connectivity index (χ0v) is 27.2. The van der Waals surface area contributed by atoms with Crippen molar-refractivity contribution in [2.75, 3.05) is 19.7 Å². The summed E-state index contributed by atoms with van der Waals surface area (Å²) in [5.74, 6) is 0.215. The third kappa shape index (κ3) is 5.96. The molecule has 1 spiro atoms. The van der Waals surface area contributed by atoms with E-state index in [0.29, 0.717) is 50.5 Å². The average molecular weight is 649 g/mol. The number of piperidine rings is 2. The number of urea groups is 2. The molecule has 3 saturated carbocycles. The number of amides is 6. The Balaban J connectivity index is 0.759. The molecular weight excluding hydrogens is 600 g/mol. The van der Waals surface area contributed by atoms with E-state index in [2.05, 4.69) is 10.6 Å². The second-order valence-electron chi connectivity index (χ2n) is 15.3. The van der Waals surface area contributed by atoms with Crippen LogP contribution in [0.15, 0.2) is 30.3 Å². The highest BCUT2D eigenvalue weighted by atomic mass is 16.7. The van der Waals surface area contributed by atoms with E-state index >= 15 is 0 Å². The number of carbonyl (C=O) groups excluding carboxylic acids is 4. The summed E-state index contributed by atoms with van der Waals surface area (Å²) in [5.41, 5.74) is 1.50. The fourth-order valence-corrected chi connectivity index (χ4v) is 9.29. The van der Waals surface area contributed by atoms with Gasteiger partial charge >= 0.3 is 12.1 Å². The molecule has 4 bridgehead atoms. The van der Waals surface area contributed by atoms with Crippen molar-refractivity contribution < 1.29 is 28.9 Å². The summed E-state index contributed by atoms with van der Waals surface area (Å²) in [6.07, 6.45) is 12.4. The van der Waals surface area contributed by atoms with Crippen LogP contribution in [0.2, 0.25) is 0 Å². The maximum absolute atomic E-state index is 13.3. The van der Waals surface area contributed by atoms with Gasteiger partial charge in [-0.1, -0.05) is 36.8 Å². The SMILES string of the molecule is O=C(NC1CCC(CON2C(=O)N3C[C@H]2CC[C@H]3C(=O)NC2CC3(CCC3)C2)CC1)[C@@H]1CC[C@@H]2CN1C(=O)N2OCc1ccccc1. The van der Waals surface area contributed by atoms with Gasteiger partial charge in [0.1, 0.15) is 18.7 Å². The number of benzene rings is 1. The molecule has 4 aliphatic heterocycles. The van der Waals surface area contributed by atoms with Gasteiger partial charge in [0.15, 0.2) is 0 Å². The molecule has 0 unspecified atom stereocenters. The summed E-state index contributed by atoms with van der Waals surface area (Å²) in [6.45, 7) is 1.84. The van der Waals surface area contributed by atoms with E-state index in [1.54, 1.807) is 9.80 Å². The molecule has 4 saturated heterocycles. The fourth-order valence-electron chi connectivity index (χ4n) is 9.29. The molecule has 12 nitrogen and oxygen atoms in total. The van der Waals surface area contributed by atoms with E-state index < -0.39 is 12.1 Å². The Morgan fingerprint density at radius 2 is 1.30 bits per heavy atom. The lowest BCUT2D eigenvalue weighted by atomic mass is 9.54. The summed E-state index contributed by atoms with van der Waals surface area (Å²) in [7, 11) is 0. The second kappa shape index (κ2) is 12.6. The van der Waals surface area contributed by atoms with Crippen molar-refractivity contribution in [3.8, 4) is 0 Å². The number of rotatable bonds is 10. The van der Waals surface area contributed by atoms with E-state index in [9.17, 15) is 19.2 Å². The van der Waals surface area contributed by atoms with E-state index in [1.165, 1.54) is 29.4 Å². The van der Waals surface area contributed by atoms with Gasteiger partial charge in [-0.25, -0.2) is 9.59 Å². The zero-order valence-electron chi connectivity index (χ0n) is 27.2. The van der Waals surface area contributed by atoms with Crippen LogP contribution in [0.4, 0.5) is 9.59 Å². The first kappa shape index (κ1) is 30.9. The minimum atomic E-state index is -0.473. The molecule has 12 heteroatoms. The highest BCUT2D eigenvalue weighted by Crippen LogP contribution is 2.55. The van der Waals surface area contributed by atoms with Crippen molar-refractivity contribution in [2.24, 2.45) is 11.3 Å². The first-order valence-electron chi connectivity index (χ1n) is 18.0. The predicted molar refractivity (Wildman–Crippen MR) is 170 cm³/mol. The van der Waals surface area contributed by atoms with Gasteiger partial charge in [-0.15, -0.1) is 0 Å². The number of hydrogen-bond acceptors (Lipinski definition) is 6. The van der Waals surface area contributed by atoms with Gasteiger partial charge in [-0.05, 0) is 93.9 Å². The van der Waals surface area contributed by atoms with Crippen molar-refractivity contribution in [1.82, 2.24) is 30.6 Å². The Morgan fingerprint density at radius 3 is 1.87 bits per heavy atom. The lowest BCUT2D eigenvalue weighted by molar-refractivity contribution is -0.144. The largest absolute Gasteiger partial charge is 0.352 e. The van der Waals surface area contributed by atoms with Gasteiger partial charge in [-0.2, -0.15) is 10.1 Å². The number of carbonyl (C=O) groups is 4. The molecule has 4 heterocycles. The molecule has 7 aliphatic rings. The predicted octanol–water partition coefficient (Wildman–Crippen LogP) is 3.71. The normalized spacial score (nSPS) is 32.8. The third-order valence-electron chi connectivity index (χ3n) is 12.2. The molecular formula is C35H48N6O6. The topological polar surface area (TPSA) is 124 Å². The van der Waals surface area contributed by atoms with Crippen molar-refractivity contribution >= 4 is 23.9 Å². The molecule has 0 radical (unpaired) electrons. The number of hydroxylamine groups is 4. The van der Waals surface area contributed by atoms with E-state index in [0.717, 1.165) is 56.9 Å². The molecule has 254 valence electrons. The number of nitrogens with zero attached hydrogens (tertiary/aromatic N) is 4. The lowest BCUT2D eigenvalue weighted by Crippen LogP contribution is -2.58. The van der Waals surface area contributed by atoms with Crippen LogP contribution in [0.1, 0.15) is 89.0 Å². The molecule has 2 N–H and O–H groups in total. The number of hydrogen-bond donors (Lipinski definition) is 2. The van der Waals surface area contributed by atoms with Crippen LogP contribution >= 0.6 is 0 Å². The Hall–Kier alpha value is -3.38. The van der Waals surface area contributed by atoms with E-state index in [-0.39, 0.29) is 48.0 Å². The zero-order chi connectivity index (χ0) is 32.1. The van der Waals surface area contributed by atoms with Crippen LogP contribution in [0.5, 0.6) is 0 Å². The molecule has 7 fully saturated rings. The lowest BCUT2D eigenvalue weighted by Gasteiger charge is -2.54. The Labute approximate surface area is 276 Å². The van der Waals surface area contributed by atoms with Gasteiger partial charge in [0.05, 0.1) is 18.7 Å². The van der Waals surface area contributed by atoms with Crippen molar-refractivity contribution in [2.45, 2.75) is 126 Å². The van der Waals surface area contributed by atoms with Crippen LogP contribution in [0.3, 0.4) is 0 Å². The summed E-state index contributed by atoms with van der Waals surface area (Å²) in [6, 6.07) is 8.77. The summed E-state index contributed by atoms with van der Waals surface area (Å²) in [4.78, 5) is 68.3. The van der Waals surface area contributed by atoms with Crippen LogP contribution < -0.4 is 10.6 Å². The Kier molecular flexibility index (Phi) is 8.27. The van der Waals surface area contributed by atoms with Gasteiger partial charge in [0.2, 0.25) is 11.8 Å². The molecule has 1 aromatic carbocycles. The first-order valence-corrected chi connectivity index (χ1v) is 18.0.